The largest absolute Gasteiger partial charge is 0.444 e. The fraction of sp³-hybridized carbons (Fsp3) is 0.571. The highest BCUT2D eigenvalue weighted by atomic mass is 16.6. The molecule has 1 aromatic carbocycles. The summed E-state index contributed by atoms with van der Waals surface area (Å²) >= 11 is 0. The Morgan fingerprint density at radius 3 is 2.64 bits per heavy atom. The first-order chi connectivity index (χ1) is 11.9. The van der Waals surface area contributed by atoms with Crippen LogP contribution >= 0.6 is 0 Å². The molecule has 0 unspecified atom stereocenters. The van der Waals surface area contributed by atoms with E-state index >= 15 is 0 Å². The Balaban J connectivity index is 1.78. The van der Waals surface area contributed by atoms with Gasteiger partial charge in [-0.05, 0) is 45.6 Å². The Labute approximate surface area is 151 Å². The summed E-state index contributed by atoms with van der Waals surface area (Å²) in [5.41, 5.74) is 0.873. The SMILES string of the molecule is C=CC[C@@H]1[C@H]2CC[C@@H](CN1C(=O)OC(C)(C)C)N2Cc1ccccc1. The average Bonchev–Trinajstić information content (AvgIpc) is 2.82. The molecule has 2 bridgehead atoms. The Hall–Kier alpha value is -1.81. The van der Waals surface area contributed by atoms with Crippen LogP contribution in [0.5, 0.6) is 0 Å². The van der Waals surface area contributed by atoms with E-state index in [1.807, 2.05) is 31.7 Å². The molecule has 0 spiro atoms. The third-order valence-corrected chi connectivity index (χ3v) is 5.19. The number of nitrogens with zero attached hydrogens (tertiary/aromatic N) is 2. The van der Waals surface area contributed by atoms with Gasteiger partial charge in [0.25, 0.3) is 0 Å². The van der Waals surface area contributed by atoms with Gasteiger partial charge in [0.1, 0.15) is 5.60 Å². The molecule has 0 aromatic heterocycles. The lowest BCUT2D eigenvalue weighted by atomic mass is 9.99. The van der Waals surface area contributed by atoms with Gasteiger partial charge in [-0.15, -0.1) is 6.58 Å². The molecule has 0 radical (unpaired) electrons. The van der Waals surface area contributed by atoms with Gasteiger partial charge in [-0.2, -0.15) is 0 Å². The number of likely N-dealkylation sites (tertiary alicyclic amines) is 1. The second-order valence-electron chi connectivity index (χ2n) is 8.18. The standard InChI is InChI=1S/C21H30N2O2/c1-5-9-18-19-13-12-17(15-23(18)20(24)25-21(2,3)4)22(19)14-16-10-7-6-8-11-16/h5-8,10-11,17-19H,1,9,12-15H2,2-4H3/t17-,18+,19+/m0/s1. The number of hydrogen-bond acceptors (Lipinski definition) is 3. The highest BCUT2D eigenvalue weighted by Gasteiger charge is 2.47. The number of amides is 1. The van der Waals surface area contributed by atoms with Gasteiger partial charge in [-0.1, -0.05) is 36.4 Å². The van der Waals surface area contributed by atoms with E-state index in [9.17, 15) is 4.79 Å². The van der Waals surface area contributed by atoms with Gasteiger partial charge >= 0.3 is 6.09 Å². The third-order valence-electron chi connectivity index (χ3n) is 5.19. The van der Waals surface area contributed by atoms with Crippen LogP contribution in [0, 0.1) is 0 Å². The number of piperazine rings is 1. The number of ether oxygens (including phenoxy) is 1. The van der Waals surface area contributed by atoms with Crippen molar-refractivity contribution < 1.29 is 9.53 Å². The lowest BCUT2D eigenvalue weighted by molar-refractivity contribution is -0.0232. The quantitative estimate of drug-likeness (QED) is 0.768. The highest BCUT2D eigenvalue weighted by molar-refractivity contribution is 5.69. The summed E-state index contributed by atoms with van der Waals surface area (Å²) < 4.78 is 5.67. The third kappa shape index (κ3) is 4.06. The van der Waals surface area contributed by atoms with Gasteiger partial charge in [-0.3, -0.25) is 4.90 Å². The maximum Gasteiger partial charge on any atom is 0.410 e. The Morgan fingerprint density at radius 1 is 1.28 bits per heavy atom. The molecular weight excluding hydrogens is 312 g/mol. The van der Waals surface area contributed by atoms with Crippen LogP contribution in [0.25, 0.3) is 0 Å². The van der Waals surface area contributed by atoms with Gasteiger partial charge in [0.15, 0.2) is 0 Å². The minimum absolute atomic E-state index is 0.148. The smallest absolute Gasteiger partial charge is 0.410 e. The maximum absolute atomic E-state index is 12.7. The van der Waals surface area contributed by atoms with Crippen LogP contribution in [-0.2, 0) is 11.3 Å². The summed E-state index contributed by atoms with van der Waals surface area (Å²) in [7, 11) is 0. The summed E-state index contributed by atoms with van der Waals surface area (Å²) in [6, 6.07) is 11.5. The molecule has 2 aliphatic heterocycles. The van der Waals surface area contributed by atoms with E-state index < -0.39 is 5.60 Å². The molecule has 4 heteroatoms. The molecule has 0 N–H and O–H groups in total. The summed E-state index contributed by atoms with van der Waals surface area (Å²) in [5, 5.41) is 0. The molecule has 136 valence electrons. The number of benzene rings is 1. The van der Waals surface area contributed by atoms with Gasteiger partial charge in [0, 0.05) is 25.2 Å². The summed E-state index contributed by atoms with van der Waals surface area (Å²) in [5.74, 6) is 0. The van der Waals surface area contributed by atoms with Crippen LogP contribution in [0.2, 0.25) is 0 Å². The summed E-state index contributed by atoms with van der Waals surface area (Å²) in [4.78, 5) is 17.3. The monoisotopic (exact) mass is 342 g/mol. The van der Waals surface area contributed by atoms with Crippen molar-refractivity contribution in [1.82, 2.24) is 9.80 Å². The fourth-order valence-corrected chi connectivity index (χ4v) is 4.17. The first-order valence-corrected chi connectivity index (χ1v) is 9.29. The first kappa shape index (κ1) is 18.0. The van der Waals surface area contributed by atoms with Crippen molar-refractivity contribution in [1.29, 1.82) is 0 Å². The van der Waals surface area contributed by atoms with Crippen LogP contribution < -0.4 is 0 Å². The number of hydrogen-bond donors (Lipinski definition) is 0. The van der Waals surface area contributed by atoms with Crippen LogP contribution in [-0.4, -0.2) is 46.2 Å². The minimum atomic E-state index is -0.462. The van der Waals surface area contributed by atoms with Gasteiger partial charge < -0.3 is 9.64 Å². The molecule has 3 rings (SSSR count). The van der Waals surface area contributed by atoms with Crippen molar-refractivity contribution in [2.45, 2.75) is 70.3 Å². The topological polar surface area (TPSA) is 32.8 Å². The molecule has 2 fully saturated rings. The fourth-order valence-electron chi connectivity index (χ4n) is 4.17. The van der Waals surface area contributed by atoms with Crippen LogP contribution in [0.4, 0.5) is 4.79 Å². The molecule has 3 atom stereocenters. The van der Waals surface area contributed by atoms with E-state index in [2.05, 4.69) is 41.8 Å². The van der Waals surface area contributed by atoms with Crippen LogP contribution in [0.1, 0.15) is 45.6 Å². The Morgan fingerprint density at radius 2 is 2.00 bits per heavy atom. The zero-order chi connectivity index (χ0) is 18.0. The predicted molar refractivity (Wildman–Crippen MR) is 100 cm³/mol. The highest BCUT2D eigenvalue weighted by Crippen LogP contribution is 2.37. The van der Waals surface area contributed by atoms with Crippen LogP contribution in [0.15, 0.2) is 43.0 Å². The van der Waals surface area contributed by atoms with Crippen molar-refractivity contribution in [3.8, 4) is 0 Å². The van der Waals surface area contributed by atoms with Crippen molar-refractivity contribution in [3.05, 3.63) is 48.6 Å². The second kappa shape index (κ2) is 7.20. The van der Waals surface area contributed by atoms with Crippen molar-refractivity contribution in [2.75, 3.05) is 6.54 Å². The summed E-state index contributed by atoms with van der Waals surface area (Å²) in [6.45, 7) is 11.4. The number of carbonyl (C=O) groups excluding carboxylic acids is 1. The first-order valence-electron chi connectivity index (χ1n) is 9.29. The maximum atomic E-state index is 12.7. The zero-order valence-electron chi connectivity index (χ0n) is 15.6. The lowest BCUT2D eigenvalue weighted by Gasteiger charge is -2.47. The zero-order valence-corrected chi connectivity index (χ0v) is 15.6. The number of rotatable bonds is 4. The summed E-state index contributed by atoms with van der Waals surface area (Å²) in [6.07, 6.45) is 4.83. The lowest BCUT2D eigenvalue weighted by Crippen LogP contribution is -2.61. The molecule has 1 aromatic rings. The van der Waals surface area contributed by atoms with Gasteiger partial charge in [0.2, 0.25) is 0 Å². The van der Waals surface area contributed by atoms with Gasteiger partial charge in [-0.25, -0.2) is 4.79 Å². The number of carbonyl (C=O) groups is 1. The molecule has 2 saturated heterocycles. The van der Waals surface area contributed by atoms with E-state index in [4.69, 9.17) is 4.74 Å². The molecule has 0 aliphatic carbocycles. The molecule has 0 saturated carbocycles. The van der Waals surface area contributed by atoms with E-state index in [1.165, 1.54) is 5.56 Å². The van der Waals surface area contributed by atoms with Gasteiger partial charge in [0.05, 0.1) is 6.04 Å². The van der Waals surface area contributed by atoms with E-state index in [-0.39, 0.29) is 12.1 Å². The molecule has 4 nitrogen and oxygen atoms in total. The predicted octanol–water partition coefficient (Wildman–Crippen LogP) is 4.22. The van der Waals surface area contributed by atoms with Crippen LogP contribution in [0.3, 0.4) is 0 Å². The molecule has 1 amide bonds. The van der Waals surface area contributed by atoms with Crippen molar-refractivity contribution >= 4 is 6.09 Å². The molecular formula is C21H30N2O2. The van der Waals surface area contributed by atoms with E-state index in [0.29, 0.717) is 12.1 Å². The Kier molecular flexibility index (Phi) is 5.19. The molecule has 25 heavy (non-hydrogen) atoms. The normalized spacial score (nSPS) is 26.5. The van der Waals surface area contributed by atoms with Crippen molar-refractivity contribution in [2.24, 2.45) is 0 Å². The van der Waals surface area contributed by atoms with E-state index in [1.54, 1.807) is 0 Å². The minimum Gasteiger partial charge on any atom is -0.444 e. The van der Waals surface area contributed by atoms with E-state index in [0.717, 1.165) is 32.4 Å². The molecule has 2 aliphatic rings. The second-order valence-corrected chi connectivity index (χ2v) is 8.18. The molecule has 2 heterocycles. The average molecular weight is 342 g/mol. The Bertz CT molecular complexity index is 608. The van der Waals surface area contributed by atoms with Crippen molar-refractivity contribution in [3.63, 3.8) is 0 Å². The number of fused-ring (bicyclic) bond motifs is 2.